The van der Waals surface area contributed by atoms with Crippen molar-refractivity contribution >= 4 is 17.7 Å². The third-order valence-corrected chi connectivity index (χ3v) is 3.47. The van der Waals surface area contributed by atoms with Gasteiger partial charge in [0.1, 0.15) is 0 Å². The molecule has 1 aliphatic heterocycles. The highest BCUT2D eigenvalue weighted by Crippen LogP contribution is 2.14. The fraction of sp³-hybridized carbons (Fsp3) is 0.900. The SMILES string of the molecule is CSCC(C)CN1C(=O)C(C)NC1C. The van der Waals surface area contributed by atoms with Gasteiger partial charge in [-0.1, -0.05) is 6.92 Å². The molecule has 1 aliphatic rings. The quantitative estimate of drug-likeness (QED) is 0.765. The van der Waals surface area contributed by atoms with Crippen LogP contribution >= 0.6 is 11.8 Å². The summed E-state index contributed by atoms with van der Waals surface area (Å²) < 4.78 is 0. The fourth-order valence-corrected chi connectivity index (χ4v) is 2.56. The Bertz CT molecular complexity index is 210. The molecule has 0 radical (unpaired) electrons. The lowest BCUT2D eigenvalue weighted by atomic mass is 10.2. The summed E-state index contributed by atoms with van der Waals surface area (Å²) in [6.07, 6.45) is 2.30. The van der Waals surface area contributed by atoms with E-state index in [0.29, 0.717) is 5.92 Å². The molecule has 0 bridgehead atoms. The topological polar surface area (TPSA) is 32.3 Å². The van der Waals surface area contributed by atoms with E-state index in [2.05, 4.69) is 18.5 Å². The van der Waals surface area contributed by atoms with Crippen LogP contribution in [-0.2, 0) is 4.79 Å². The van der Waals surface area contributed by atoms with Crippen LogP contribution in [0.15, 0.2) is 0 Å². The molecule has 1 fully saturated rings. The van der Waals surface area contributed by atoms with Gasteiger partial charge in [-0.05, 0) is 31.8 Å². The summed E-state index contributed by atoms with van der Waals surface area (Å²) >= 11 is 1.84. The molecule has 0 saturated carbocycles. The first-order valence-corrected chi connectivity index (χ1v) is 6.51. The first kappa shape index (κ1) is 11.9. The van der Waals surface area contributed by atoms with E-state index in [4.69, 9.17) is 0 Å². The van der Waals surface area contributed by atoms with Crippen LogP contribution in [0.2, 0.25) is 0 Å². The summed E-state index contributed by atoms with van der Waals surface area (Å²) in [7, 11) is 0. The number of carbonyl (C=O) groups excluding carboxylic acids is 1. The van der Waals surface area contributed by atoms with Gasteiger partial charge in [-0.2, -0.15) is 11.8 Å². The van der Waals surface area contributed by atoms with Crippen LogP contribution in [0.4, 0.5) is 0 Å². The molecule has 14 heavy (non-hydrogen) atoms. The van der Waals surface area contributed by atoms with Crippen LogP contribution in [0.1, 0.15) is 20.8 Å². The standard InChI is InChI=1S/C10H20N2OS/c1-7(6-14-4)5-12-9(3)11-8(2)10(12)13/h7-9,11H,5-6H2,1-4H3. The van der Waals surface area contributed by atoms with Crippen molar-refractivity contribution in [2.75, 3.05) is 18.6 Å². The Balaban J connectivity index is 2.47. The van der Waals surface area contributed by atoms with E-state index in [1.165, 1.54) is 0 Å². The van der Waals surface area contributed by atoms with Crippen molar-refractivity contribution in [2.24, 2.45) is 5.92 Å². The van der Waals surface area contributed by atoms with Crippen LogP contribution in [-0.4, -0.2) is 41.6 Å². The Morgan fingerprint density at radius 3 is 2.64 bits per heavy atom. The molecule has 1 amide bonds. The first-order chi connectivity index (χ1) is 6.56. The largest absolute Gasteiger partial charge is 0.326 e. The Labute approximate surface area is 90.6 Å². The van der Waals surface area contributed by atoms with Gasteiger partial charge in [-0.25, -0.2) is 0 Å². The number of nitrogens with zero attached hydrogens (tertiary/aromatic N) is 1. The molecular formula is C10H20N2OS. The third-order valence-electron chi connectivity index (χ3n) is 2.57. The minimum absolute atomic E-state index is 0.00789. The second-order valence-electron chi connectivity index (χ2n) is 4.12. The molecule has 1 rings (SSSR count). The van der Waals surface area contributed by atoms with Crippen LogP contribution in [0.3, 0.4) is 0 Å². The number of nitrogens with one attached hydrogen (secondary N) is 1. The van der Waals surface area contributed by atoms with Gasteiger partial charge in [-0.15, -0.1) is 0 Å². The van der Waals surface area contributed by atoms with E-state index in [-0.39, 0.29) is 18.1 Å². The molecular weight excluding hydrogens is 196 g/mol. The number of thioether (sulfide) groups is 1. The van der Waals surface area contributed by atoms with Crippen molar-refractivity contribution in [3.05, 3.63) is 0 Å². The van der Waals surface area contributed by atoms with Gasteiger partial charge in [0.05, 0.1) is 12.2 Å². The maximum atomic E-state index is 11.7. The summed E-state index contributed by atoms with van der Waals surface area (Å²) in [5.41, 5.74) is 0. The predicted octanol–water partition coefficient (Wildman–Crippen LogP) is 1.15. The molecule has 1 N–H and O–H groups in total. The average Bonchev–Trinajstić information content (AvgIpc) is 2.33. The Hall–Kier alpha value is -0.220. The van der Waals surface area contributed by atoms with Gasteiger partial charge in [0, 0.05) is 6.54 Å². The van der Waals surface area contributed by atoms with Crippen LogP contribution < -0.4 is 5.32 Å². The van der Waals surface area contributed by atoms with Crippen LogP contribution in [0.25, 0.3) is 0 Å². The Morgan fingerprint density at radius 1 is 1.57 bits per heavy atom. The number of hydrogen-bond acceptors (Lipinski definition) is 3. The van der Waals surface area contributed by atoms with E-state index in [0.717, 1.165) is 12.3 Å². The molecule has 0 aromatic carbocycles. The molecule has 0 spiro atoms. The minimum Gasteiger partial charge on any atom is -0.326 e. The summed E-state index contributed by atoms with van der Waals surface area (Å²) in [4.78, 5) is 13.7. The Kier molecular flexibility index (Phi) is 4.26. The zero-order valence-corrected chi connectivity index (χ0v) is 10.2. The van der Waals surface area contributed by atoms with E-state index < -0.39 is 0 Å². The highest BCUT2D eigenvalue weighted by atomic mass is 32.2. The van der Waals surface area contributed by atoms with Crippen molar-refractivity contribution < 1.29 is 4.79 Å². The number of hydrogen-bond donors (Lipinski definition) is 1. The molecule has 1 saturated heterocycles. The first-order valence-electron chi connectivity index (χ1n) is 5.11. The lowest BCUT2D eigenvalue weighted by Crippen LogP contribution is -2.38. The van der Waals surface area contributed by atoms with Gasteiger partial charge in [0.2, 0.25) is 5.91 Å². The van der Waals surface area contributed by atoms with Crippen LogP contribution in [0.5, 0.6) is 0 Å². The van der Waals surface area contributed by atoms with E-state index >= 15 is 0 Å². The second kappa shape index (κ2) is 5.03. The van der Waals surface area contributed by atoms with Crippen molar-refractivity contribution in [2.45, 2.75) is 33.0 Å². The Morgan fingerprint density at radius 2 is 2.21 bits per heavy atom. The smallest absolute Gasteiger partial charge is 0.240 e. The molecule has 0 aromatic rings. The zero-order chi connectivity index (χ0) is 10.7. The third kappa shape index (κ3) is 2.64. The normalized spacial score (nSPS) is 29.7. The lowest BCUT2D eigenvalue weighted by Gasteiger charge is -2.24. The summed E-state index contributed by atoms with van der Waals surface area (Å²) in [5.74, 6) is 1.93. The minimum atomic E-state index is -0.00789. The molecule has 4 heteroatoms. The molecule has 0 aromatic heterocycles. The monoisotopic (exact) mass is 216 g/mol. The van der Waals surface area contributed by atoms with E-state index in [9.17, 15) is 4.79 Å². The van der Waals surface area contributed by atoms with Gasteiger partial charge in [0.25, 0.3) is 0 Å². The summed E-state index contributed by atoms with van der Waals surface area (Å²) in [6, 6.07) is -0.00789. The molecule has 3 nitrogen and oxygen atoms in total. The van der Waals surface area contributed by atoms with Gasteiger partial charge in [-0.3, -0.25) is 10.1 Å². The van der Waals surface area contributed by atoms with Crippen molar-refractivity contribution in [1.82, 2.24) is 10.2 Å². The highest BCUT2D eigenvalue weighted by Gasteiger charge is 2.33. The summed E-state index contributed by atoms with van der Waals surface area (Å²) in [6.45, 7) is 7.04. The fourth-order valence-electron chi connectivity index (χ4n) is 1.88. The summed E-state index contributed by atoms with van der Waals surface area (Å²) in [5, 5.41) is 3.23. The van der Waals surface area contributed by atoms with Crippen LogP contribution in [0, 0.1) is 5.92 Å². The molecule has 1 heterocycles. The van der Waals surface area contributed by atoms with Crippen molar-refractivity contribution in [3.63, 3.8) is 0 Å². The zero-order valence-electron chi connectivity index (χ0n) is 9.41. The molecule has 0 aliphatic carbocycles. The second-order valence-corrected chi connectivity index (χ2v) is 5.03. The number of amides is 1. The van der Waals surface area contributed by atoms with Gasteiger partial charge >= 0.3 is 0 Å². The van der Waals surface area contributed by atoms with Crippen molar-refractivity contribution in [1.29, 1.82) is 0 Å². The predicted molar refractivity (Wildman–Crippen MR) is 61.3 cm³/mol. The van der Waals surface area contributed by atoms with E-state index in [1.807, 2.05) is 30.5 Å². The number of rotatable bonds is 4. The van der Waals surface area contributed by atoms with E-state index in [1.54, 1.807) is 0 Å². The van der Waals surface area contributed by atoms with Gasteiger partial charge in [0.15, 0.2) is 0 Å². The molecule has 3 atom stereocenters. The number of carbonyl (C=O) groups is 1. The maximum absolute atomic E-state index is 11.7. The van der Waals surface area contributed by atoms with Gasteiger partial charge < -0.3 is 4.90 Å². The average molecular weight is 216 g/mol. The highest BCUT2D eigenvalue weighted by molar-refractivity contribution is 7.98. The lowest BCUT2D eigenvalue weighted by molar-refractivity contribution is -0.130. The molecule has 3 unspecified atom stereocenters. The van der Waals surface area contributed by atoms with Crippen molar-refractivity contribution in [3.8, 4) is 0 Å². The molecule has 82 valence electrons. The maximum Gasteiger partial charge on any atom is 0.240 e.